The number of benzene rings is 2. The fourth-order valence-corrected chi connectivity index (χ4v) is 4.14. The number of nitrogens with one attached hydrogen (secondary N) is 1. The predicted octanol–water partition coefficient (Wildman–Crippen LogP) is 5.19. The third-order valence-electron chi connectivity index (χ3n) is 6.07. The smallest absolute Gasteiger partial charge is 0.416 e. The Labute approximate surface area is 204 Å². The highest BCUT2D eigenvalue weighted by molar-refractivity contribution is 5.96. The first-order valence-corrected chi connectivity index (χ1v) is 11.2. The Bertz CT molecular complexity index is 1390. The number of carbonyl (C=O) groups excluding carboxylic acids is 2. The first kappa shape index (κ1) is 23.4. The number of alkyl halides is 3. The quantitative estimate of drug-likeness (QED) is 0.423. The fraction of sp³-hybridized carbons (Fsp3) is 0.192. The molecule has 0 bridgehead atoms. The van der Waals surface area contributed by atoms with Crippen LogP contribution in [0.4, 0.5) is 24.5 Å². The van der Waals surface area contributed by atoms with Crippen molar-refractivity contribution in [2.45, 2.75) is 6.18 Å². The number of anilines is 2. The summed E-state index contributed by atoms with van der Waals surface area (Å²) in [4.78, 5) is 32.8. The zero-order valence-corrected chi connectivity index (χ0v) is 19.0. The summed E-state index contributed by atoms with van der Waals surface area (Å²) in [5, 5.41) is 3.73. The van der Waals surface area contributed by atoms with Gasteiger partial charge in [0.1, 0.15) is 0 Å². The van der Waals surface area contributed by atoms with Crippen LogP contribution >= 0.6 is 0 Å². The van der Waals surface area contributed by atoms with Crippen LogP contribution in [-0.2, 0) is 6.18 Å². The largest absolute Gasteiger partial charge is 0.459 e. The molecule has 0 radical (unpaired) electrons. The Balaban J connectivity index is 1.24. The van der Waals surface area contributed by atoms with Crippen LogP contribution in [0.15, 0.2) is 77.5 Å². The first-order valence-electron chi connectivity index (χ1n) is 11.2. The number of carbonyl (C=O) groups is 2. The molecule has 1 saturated heterocycles. The van der Waals surface area contributed by atoms with Gasteiger partial charge in [-0.2, -0.15) is 13.2 Å². The van der Waals surface area contributed by atoms with E-state index in [0.717, 1.165) is 12.1 Å². The minimum atomic E-state index is -4.44. The highest BCUT2D eigenvalue weighted by Crippen LogP contribution is 2.33. The molecule has 1 aliphatic rings. The molecule has 0 saturated carbocycles. The van der Waals surface area contributed by atoms with Crippen molar-refractivity contribution in [3.05, 3.63) is 90.0 Å². The summed E-state index contributed by atoms with van der Waals surface area (Å²) in [7, 11) is 0. The van der Waals surface area contributed by atoms with Crippen LogP contribution in [0.2, 0.25) is 0 Å². The van der Waals surface area contributed by atoms with Gasteiger partial charge in [0, 0.05) is 54.7 Å². The summed E-state index contributed by atoms with van der Waals surface area (Å²) in [5.41, 5.74) is 1.25. The third kappa shape index (κ3) is 4.74. The molecular formula is C26H21F3N4O3. The molecule has 0 aliphatic carbocycles. The average Bonchev–Trinajstić information content (AvgIpc) is 3.43. The van der Waals surface area contributed by atoms with Gasteiger partial charge in [-0.05, 0) is 54.6 Å². The molecule has 0 spiro atoms. The van der Waals surface area contributed by atoms with Crippen LogP contribution < -0.4 is 5.32 Å². The van der Waals surface area contributed by atoms with E-state index in [1.165, 1.54) is 18.5 Å². The maximum atomic E-state index is 13.0. The first-order chi connectivity index (χ1) is 17.3. The lowest BCUT2D eigenvalue weighted by molar-refractivity contribution is -0.137. The molecule has 2 aromatic heterocycles. The number of furan rings is 1. The van der Waals surface area contributed by atoms with Gasteiger partial charge in [0.15, 0.2) is 5.76 Å². The van der Waals surface area contributed by atoms with Gasteiger partial charge >= 0.3 is 6.18 Å². The standard InChI is InChI=1S/C26H21F3N4O3/c27-26(28,29)18-5-8-20-21(9-10-30-22(20)16-18)31-19-6-3-17(4-7-19)24(34)32-11-13-33(14-12-32)25(35)23-2-1-15-36-23/h1-10,15-16H,11-14H2,(H,30,31). The van der Waals surface area contributed by atoms with Gasteiger partial charge < -0.3 is 19.5 Å². The lowest BCUT2D eigenvalue weighted by atomic mass is 10.1. The van der Waals surface area contributed by atoms with Crippen molar-refractivity contribution < 1.29 is 27.2 Å². The summed E-state index contributed by atoms with van der Waals surface area (Å²) in [6, 6.07) is 15.2. The van der Waals surface area contributed by atoms with Gasteiger partial charge in [-0.25, -0.2) is 0 Å². The molecule has 10 heteroatoms. The van der Waals surface area contributed by atoms with E-state index in [9.17, 15) is 22.8 Å². The summed E-state index contributed by atoms with van der Waals surface area (Å²) in [5.74, 6) is -0.0536. The average molecular weight is 494 g/mol. The zero-order chi connectivity index (χ0) is 25.3. The van der Waals surface area contributed by atoms with Crippen molar-refractivity contribution >= 4 is 34.1 Å². The highest BCUT2D eigenvalue weighted by Gasteiger charge is 2.31. The van der Waals surface area contributed by atoms with Crippen LogP contribution in [0.25, 0.3) is 10.9 Å². The second-order valence-corrected chi connectivity index (χ2v) is 8.35. The third-order valence-corrected chi connectivity index (χ3v) is 6.07. The van der Waals surface area contributed by atoms with Crippen molar-refractivity contribution in [2.24, 2.45) is 0 Å². The van der Waals surface area contributed by atoms with Gasteiger partial charge in [0.05, 0.1) is 17.3 Å². The number of nitrogens with zero attached hydrogens (tertiary/aromatic N) is 3. The predicted molar refractivity (Wildman–Crippen MR) is 127 cm³/mol. The van der Waals surface area contributed by atoms with Gasteiger partial charge in [-0.3, -0.25) is 14.6 Å². The monoisotopic (exact) mass is 494 g/mol. The van der Waals surface area contributed by atoms with Crippen LogP contribution in [0, 0.1) is 0 Å². The van der Waals surface area contributed by atoms with Gasteiger partial charge in [0.25, 0.3) is 11.8 Å². The number of amides is 2. The molecule has 36 heavy (non-hydrogen) atoms. The van der Waals surface area contributed by atoms with Crippen LogP contribution in [0.5, 0.6) is 0 Å². The Morgan fingerprint density at radius 1 is 0.889 bits per heavy atom. The van der Waals surface area contributed by atoms with Crippen molar-refractivity contribution in [3.8, 4) is 0 Å². The number of rotatable bonds is 4. The van der Waals surface area contributed by atoms with Gasteiger partial charge in [-0.15, -0.1) is 0 Å². The molecule has 3 heterocycles. The second kappa shape index (κ2) is 9.37. The van der Waals surface area contributed by atoms with Crippen molar-refractivity contribution in [1.29, 1.82) is 0 Å². The molecule has 1 N–H and O–H groups in total. The molecular weight excluding hydrogens is 473 g/mol. The molecule has 7 nitrogen and oxygen atoms in total. The van der Waals surface area contributed by atoms with E-state index in [4.69, 9.17) is 4.42 Å². The van der Waals surface area contributed by atoms with Crippen molar-refractivity contribution in [1.82, 2.24) is 14.8 Å². The number of hydrogen-bond acceptors (Lipinski definition) is 5. The maximum absolute atomic E-state index is 13.0. The number of halogens is 3. The summed E-state index contributed by atoms with van der Waals surface area (Å²) in [6.07, 6.45) is -1.55. The molecule has 184 valence electrons. The Hall–Kier alpha value is -4.34. The van der Waals surface area contributed by atoms with E-state index in [0.29, 0.717) is 48.5 Å². The van der Waals surface area contributed by atoms with Crippen LogP contribution in [0.3, 0.4) is 0 Å². The Morgan fingerprint density at radius 3 is 2.22 bits per heavy atom. The van der Waals surface area contributed by atoms with Crippen molar-refractivity contribution in [3.63, 3.8) is 0 Å². The Kier molecular flexibility index (Phi) is 6.09. The van der Waals surface area contributed by atoms with Crippen molar-refractivity contribution in [2.75, 3.05) is 31.5 Å². The second-order valence-electron chi connectivity index (χ2n) is 8.35. The molecule has 0 unspecified atom stereocenters. The van der Waals surface area contributed by atoms with E-state index in [1.807, 2.05) is 0 Å². The van der Waals surface area contributed by atoms with E-state index in [2.05, 4.69) is 10.3 Å². The number of pyridine rings is 1. The molecule has 0 atom stereocenters. The fourth-order valence-electron chi connectivity index (χ4n) is 4.14. The number of piperazine rings is 1. The zero-order valence-electron chi connectivity index (χ0n) is 19.0. The highest BCUT2D eigenvalue weighted by atomic mass is 19.4. The summed E-state index contributed by atoms with van der Waals surface area (Å²) in [6.45, 7) is 1.65. The molecule has 2 aromatic carbocycles. The summed E-state index contributed by atoms with van der Waals surface area (Å²) < 4.78 is 44.2. The normalized spacial score (nSPS) is 14.2. The van der Waals surface area contributed by atoms with E-state index >= 15 is 0 Å². The molecule has 5 rings (SSSR count). The molecule has 4 aromatic rings. The van der Waals surface area contributed by atoms with E-state index in [1.54, 1.807) is 52.3 Å². The minimum Gasteiger partial charge on any atom is -0.459 e. The minimum absolute atomic E-state index is 0.138. The molecule has 1 fully saturated rings. The Morgan fingerprint density at radius 2 is 1.58 bits per heavy atom. The SMILES string of the molecule is O=C(c1ccc(Nc2ccnc3cc(C(F)(F)F)ccc23)cc1)N1CCN(C(=O)c2ccco2)CC1. The number of aromatic nitrogens is 1. The number of fused-ring (bicyclic) bond motifs is 1. The molecule has 1 aliphatic heterocycles. The van der Waals surface area contributed by atoms with Crippen LogP contribution in [-0.4, -0.2) is 52.8 Å². The topological polar surface area (TPSA) is 78.7 Å². The maximum Gasteiger partial charge on any atom is 0.416 e. The van der Waals surface area contributed by atoms with E-state index < -0.39 is 11.7 Å². The van der Waals surface area contributed by atoms with E-state index in [-0.39, 0.29) is 23.1 Å². The number of hydrogen-bond donors (Lipinski definition) is 1. The molecule has 2 amide bonds. The lowest BCUT2D eigenvalue weighted by Crippen LogP contribution is -2.50. The summed E-state index contributed by atoms with van der Waals surface area (Å²) >= 11 is 0. The van der Waals surface area contributed by atoms with Gasteiger partial charge in [0.2, 0.25) is 0 Å². The van der Waals surface area contributed by atoms with Gasteiger partial charge in [-0.1, -0.05) is 6.07 Å². The van der Waals surface area contributed by atoms with Crippen LogP contribution in [0.1, 0.15) is 26.5 Å². The lowest BCUT2D eigenvalue weighted by Gasteiger charge is -2.34.